The first-order chi connectivity index (χ1) is 13.5. The Morgan fingerprint density at radius 2 is 1.75 bits per heavy atom. The molecule has 2 amide bonds. The number of carbonyl (C=O) groups is 2. The highest BCUT2D eigenvalue weighted by Gasteiger charge is 2.62. The van der Waals surface area contributed by atoms with E-state index in [-0.39, 0.29) is 29.0 Å². The maximum absolute atomic E-state index is 13.1. The number of benzene rings is 1. The maximum Gasteiger partial charge on any atom is 0.318 e. The van der Waals surface area contributed by atoms with Gasteiger partial charge >= 0.3 is 12.0 Å². The number of carbonyl (C=O) groups excluding carboxylic acids is 2. The van der Waals surface area contributed by atoms with Crippen LogP contribution in [0, 0.1) is 23.2 Å². The molecular weight excluding hydrogens is 352 g/mol. The molecule has 0 aromatic heterocycles. The number of rotatable bonds is 2. The van der Waals surface area contributed by atoms with Crippen molar-refractivity contribution in [1.29, 1.82) is 0 Å². The molecule has 2 unspecified atom stereocenters. The van der Waals surface area contributed by atoms with Gasteiger partial charge in [-0.05, 0) is 73.8 Å². The maximum atomic E-state index is 13.1. The number of fused-ring (bicyclic) bond motifs is 1. The van der Waals surface area contributed by atoms with E-state index in [9.17, 15) is 9.59 Å². The van der Waals surface area contributed by atoms with Gasteiger partial charge in [-0.2, -0.15) is 0 Å². The van der Waals surface area contributed by atoms with E-state index < -0.39 is 0 Å². The zero-order valence-electron chi connectivity index (χ0n) is 16.4. The van der Waals surface area contributed by atoms with Crippen LogP contribution in [0.2, 0.25) is 0 Å². The van der Waals surface area contributed by atoms with Crippen molar-refractivity contribution in [3.05, 3.63) is 35.4 Å². The van der Waals surface area contributed by atoms with E-state index in [0.717, 1.165) is 51.5 Å². The molecule has 1 spiro atoms. The van der Waals surface area contributed by atoms with Gasteiger partial charge in [0.25, 0.3) is 0 Å². The predicted molar refractivity (Wildman–Crippen MR) is 104 cm³/mol. The molecule has 1 aliphatic heterocycles. The zero-order chi connectivity index (χ0) is 19.1. The Labute approximate surface area is 165 Å². The van der Waals surface area contributed by atoms with Crippen LogP contribution in [-0.2, 0) is 22.4 Å². The van der Waals surface area contributed by atoms with Crippen molar-refractivity contribution in [2.24, 2.45) is 23.2 Å². The van der Waals surface area contributed by atoms with Gasteiger partial charge in [-0.3, -0.25) is 4.79 Å². The molecule has 0 radical (unpaired) electrons. The predicted octanol–water partition coefficient (Wildman–Crippen LogP) is 2.92. The number of methoxy groups -OCH3 is 1. The summed E-state index contributed by atoms with van der Waals surface area (Å²) >= 11 is 0. The summed E-state index contributed by atoms with van der Waals surface area (Å²) in [5, 5.41) is 3.37. The van der Waals surface area contributed by atoms with Crippen LogP contribution in [0.4, 0.5) is 4.79 Å². The van der Waals surface area contributed by atoms with Crippen LogP contribution < -0.4 is 5.32 Å². The van der Waals surface area contributed by atoms with E-state index in [0.29, 0.717) is 17.8 Å². The number of esters is 1. The minimum absolute atomic E-state index is 0.0149. The van der Waals surface area contributed by atoms with Gasteiger partial charge in [0, 0.05) is 12.6 Å². The van der Waals surface area contributed by atoms with E-state index in [1.807, 2.05) is 0 Å². The van der Waals surface area contributed by atoms with Crippen molar-refractivity contribution in [3.8, 4) is 0 Å². The Kier molecular flexibility index (Phi) is 3.33. The quantitative estimate of drug-likeness (QED) is 0.803. The second-order valence-corrected chi connectivity index (χ2v) is 10.2. The molecule has 1 N–H and O–H groups in total. The third kappa shape index (κ3) is 2.19. The fourth-order valence-corrected chi connectivity index (χ4v) is 7.84. The van der Waals surface area contributed by atoms with Gasteiger partial charge in [0.05, 0.1) is 18.1 Å². The molecule has 1 aromatic carbocycles. The normalized spacial score (nSPS) is 39.3. The molecule has 1 aromatic rings. The molecule has 7 rings (SSSR count). The first-order valence-corrected chi connectivity index (χ1v) is 10.7. The summed E-state index contributed by atoms with van der Waals surface area (Å²) in [6.45, 7) is 0.800. The van der Waals surface area contributed by atoms with Crippen molar-refractivity contribution in [1.82, 2.24) is 10.2 Å². The number of hydrogen-bond acceptors (Lipinski definition) is 3. The summed E-state index contributed by atoms with van der Waals surface area (Å²) in [7, 11) is 1.52. The lowest BCUT2D eigenvalue weighted by Gasteiger charge is -2.60. The Morgan fingerprint density at radius 3 is 2.36 bits per heavy atom. The number of urea groups is 1. The fourth-order valence-electron chi connectivity index (χ4n) is 7.84. The van der Waals surface area contributed by atoms with Crippen LogP contribution in [0.25, 0.3) is 0 Å². The monoisotopic (exact) mass is 380 g/mol. The third-order valence-corrected chi connectivity index (χ3v) is 8.48. The van der Waals surface area contributed by atoms with Gasteiger partial charge in [0.2, 0.25) is 0 Å². The highest BCUT2D eigenvalue weighted by atomic mass is 16.5. The van der Waals surface area contributed by atoms with Gasteiger partial charge in [-0.1, -0.05) is 24.3 Å². The lowest BCUT2D eigenvalue weighted by molar-refractivity contribution is -0.174. The second-order valence-electron chi connectivity index (χ2n) is 10.2. The average Bonchev–Trinajstić information content (AvgIpc) is 3.18. The van der Waals surface area contributed by atoms with Crippen LogP contribution in [0.15, 0.2) is 24.3 Å². The van der Waals surface area contributed by atoms with Crippen LogP contribution in [-0.4, -0.2) is 42.1 Å². The molecule has 28 heavy (non-hydrogen) atoms. The van der Waals surface area contributed by atoms with E-state index in [1.165, 1.54) is 18.2 Å². The summed E-state index contributed by atoms with van der Waals surface area (Å²) in [5.41, 5.74) is 2.33. The highest BCUT2D eigenvalue weighted by Crippen LogP contribution is 2.61. The lowest BCUT2D eigenvalue weighted by Crippen LogP contribution is -2.61. The second kappa shape index (κ2) is 5.52. The van der Waals surface area contributed by atoms with E-state index >= 15 is 0 Å². The van der Waals surface area contributed by atoms with Gasteiger partial charge < -0.3 is 15.0 Å². The van der Waals surface area contributed by atoms with Crippen molar-refractivity contribution in [3.63, 3.8) is 0 Å². The molecular formula is C23H28N2O3. The Balaban J connectivity index is 1.27. The van der Waals surface area contributed by atoms with Crippen LogP contribution in [0.5, 0.6) is 0 Å². The van der Waals surface area contributed by atoms with Crippen molar-refractivity contribution < 1.29 is 14.3 Å². The van der Waals surface area contributed by atoms with Crippen molar-refractivity contribution in [2.45, 2.75) is 56.5 Å². The molecule has 2 atom stereocenters. The standard InChI is InChI=1S/C23H28N2O3/c1-28-20(26)22-8-14-6-17(9-22)19(18(7-14)10-22)25-13-23(24-21(25)27)11-15-4-2-3-5-16(15)12-23/h2-5,14,17-19H,6-13H2,1H3,(H,24,27). The Bertz CT molecular complexity index is 824. The minimum Gasteiger partial charge on any atom is -0.469 e. The molecule has 5 heteroatoms. The first kappa shape index (κ1) is 16.9. The molecule has 1 saturated heterocycles. The van der Waals surface area contributed by atoms with Gasteiger partial charge in [0.15, 0.2) is 0 Å². The molecule has 5 aliphatic carbocycles. The van der Waals surface area contributed by atoms with Crippen LogP contribution in [0.1, 0.15) is 43.2 Å². The van der Waals surface area contributed by atoms with Crippen molar-refractivity contribution >= 4 is 12.0 Å². The summed E-state index contributed by atoms with van der Waals surface area (Å²) in [4.78, 5) is 27.8. The summed E-state index contributed by atoms with van der Waals surface area (Å²) in [6, 6.07) is 8.98. The lowest BCUT2D eigenvalue weighted by atomic mass is 9.47. The first-order valence-electron chi connectivity index (χ1n) is 10.7. The van der Waals surface area contributed by atoms with Gasteiger partial charge in [-0.15, -0.1) is 0 Å². The smallest absolute Gasteiger partial charge is 0.318 e. The molecule has 4 saturated carbocycles. The van der Waals surface area contributed by atoms with Gasteiger partial charge in [0.1, 0.15) is 0 Å². The SMILES string of the molecule is COC(=O)C12CC3CC(C1)C(N1CC4(Cc5ccccc5C4)NC1=O)C(C3)C2. The van der Waals surface area contributed by atoms with E-state index in [1.54, 1.807) is 0 Å². The largest absolute Gasteiger partial charge is 0.469 e. The summed E-state index contributed by atoms with van der Waals surface area (Å²) in [5.74, 6) is 1.49. The third-order valence-electron chi connectivity index (χ3n) is 8.48. The summed E-state index contributed by atoms with van der Waals surface area (Å²) in [6.07, 6.45) is 6.98. The Morgan fingerprint density at radius 1 is 1.11 bits per heavy atom. The number of amides is 2. The topological polar surface area (TPSA) is 58.6 Å². The molecule has 5 nitrogen and oxygen atoms in total. The van der Waals surface area contributed by atoms with Crippen LogP contribution in [0.3, 0.4) is 0 Å². The van der Waals surface area contributed by atoms with Crippen molar-refractivity contribution in [2.75, 3.05) is 13.7 Å². The van der Waals surface area contributed by atoms with E-state index in [2.05, 4.69) is 34.5 Å². The molecule has 148 valence electrons. The minimum atomic E-state index is -0.279. The van der Waals surface area contributed by atoms with E-state index in [4.69, 9.17) is 4.74 Å². The molecule has 1 heterocycles. The molecule has 6 aliphatic rings. The van der Waals surface area contributed by atoms with Crippen LogP contribution >= 0.6 is 0 Å². The van der Waals surface area contributed by atoms with Gasteiger partial charge in [-0.25, -0.2) is 4.79 Å². The fraction of sp³-hybridized carbons (Fsp3) is 0.652. The molecule has 4 bridgehead atoms. The number of nitrogens with one attached hydrogen (secondary N) is 1. The Hall–Kier alpha value is -2.04. The average molecular weight is 380 g/mol. The number of hydrogen-bond donors (Lipinski definition) is 1. The molecule has 5 fully saturated rings. The number of ether oxygens (including phenoxy) is 1. The zero-order valence-corrected chi connectivity index (χ0v) is 16.4. The summed E-state index contributed by atoms with van der Waals surface area (Å²) < 4.78 is 5.20. The number of nitrogens with zero attached hydrogens (tertiary/aromatic N) is 1. The highest BCUT2D eigenvalue weighted by molar-refractivity contribution is 5.80.